The minimum atomic E-state index is -0.246. The molecule has 2 aromatic carbocycles. The molecule has 0 spiro atoms. The van der Waals surface area contributed by atoms with Gasteiger partial charge < -0.3 is 9.47 Å². The summed E-state index contributed by atoms with van der Waals surface area (Å²) in [6.45, 7) is 5.75. The smallest absolute Gasteiger partial charge is 0.411 e. The number of hydrogen-bond donors (Lipinski definition) is 0. The Kier molecular flexibility index (Phi) is 5.49. The van der Waals surface area contributed by atoms with Gasteiger partial charge in [0.2, 0.25) is 0 Å². The zero-order valence-corrected chi connectivity index (χ0v) is 16.6. The van der Waals surface area contributed by atoms with Crippen molar-refractivity contribution in [1.82, 2.24) is 4.90 Å². The third kappa shape index (κ3) is 3.97. The maximum Gasteiger partial charge on any atom is 0.411 e. The first-order chi connectivity index (χ1) is 13.6. The predicted octanol–water partition coefficient (Wildman–Crippen LogP) is 4.58. The molecule has 2 aliphatic rings. The van der Waals surface area contributed by atoms with Gasteiger partial charge in [-0.3, -0.25) is 4.90 Å². The number of nitrogens with zero attached hydrogens (tertiary/aromatic N) is 1. The normalized spacial score (nSPS) is 21.2. The van der Waals surface area contributed by atoms with Gasteiger partial charge in [-0.15, -0.1) is 0 Å². The van der Waals surface area contributed by atoms with E-state index < -0.39 is 0 Å². The molecule has 2 bridgehead atoms. The second kappa shape index (κ2) is 8.19. The van der Waals surface area contributed by atoms with E-state index in [1.54, 1.807) is 0 Å². The summed E-state index contributed by atoms with van der Waals surface area (Å²) < 4.78 is 11.3. The maximum absolute atomic E-state index is 12.8. The Morgan fingerprint density at radius 1 is 1.07 bits per heavy atom. The molecule has 1 saturated heterocycles. The number of carbonyl (C=O) groups is 1. The summed E-state index contributed by atoms with van der Waals surface area (Å²) in [5.41, 5.74) is 6.44. The Morgan fingerprint density at radius 3 is 2.54 bits per heavy atom. The first kappa shape index (κ1) is 18.8. The van der Waals surface area contributed by atoms with Crippen molar-refractivity contribution in [2.24, 2.45) is 0 Å². The Labute approximate surface area is 166 Å². The van der Waals surface area contributed by atoms with Gasteiger partial charge in [0.25, 0.3) is 0 Å². The number of aryl methyl sites for hydroxylation is 2. The SMILES string of the molecule is Cc1cccc(C)c1CC1=CC2COCC(C1)N2C(=O)OCc1ccccc1. The van der Waals surface area contributed by atoms with E-state index >= 15 is 0 Å². The van der Waals surface area contributed by atoms with Crippen molar-refractivity contribution in [3.63, 3.8) is 0 Å². The molecule has 2 heterocycles. The average molecular weight is 377 g/mol. The van der Waals surface area contributed by atoms with E-state index in [2.05, 4.69) is 38.1 Å². The zero-order chi connectivity index (χ0) is 19.5. The van der Waals surface area contributed by atoms with Gasteiger partial charge >= 0.3 is 6.09 Å². The van der Waals surface area contributed by atoms with Crippen LogP contribution >= 0.6 is 0 Å². The van der Waals surface area contributed by atoms with E-state index in [0.717, 1.165) is 18.4 Å². The van der Waals surface area contributed by atoms with Crippen molar-refractivity contribution in [2.45, 2.75) is 45.4 Å². The Hall–Kier alpha value is -2.59. The van der Waals surface area contributed by atoms with Crippen LogP contribution in [0.1, 0.15) is 28.7 Å². The average Bonchev–Trinajstić information content (AvgIpc) is 2.69. The predicted molar refractivity (Wildman–Crippen MR) is 109 cm³/mol. The molecule has 0 radical (unpaired) electrons. The second-order valence-electron chi connectivity index (χ2n) is 7.78. The Bertz CT molecular complexity index is 854. The third-order valence-corrected chi connectivity index (χ3v) is 5.74. The topological polar surface area (TPSA) is 38.8 Å². The minimum Gasteiger partial charge on any atom is -0.445 e. The molecule has 2 aliphatic heterocycles. The molecule has 146 valence electrons. The van der Waals surface area contributed by atoms with Crippen molar-refractivity contribution in [1.29, 1.82) is 0 Å². The zero-order valence-electron chi connectivity index (χ0n) is 16.6. The van der Waals surface area contributed by atoms with Crippen LogP contribution in [-0.2, 0) is 22.5 Å². The lowest BCUT2D eigenvalue weighted by Crippen LogP contribution is -2.56. The van der Waals surface area contributed by atoms with E-state index in [1.807, 2.05) is 35.2 Å². The van der Waals surface area contributed by atoms with Crippen molar-refractivity contribution >= 4 is 6.09 Å². The van der Waals surface area contributed by atoms with Crippen molar-refractivity contribution in [3.05, 3.63) is 82.4 Å². The molecular weight excluding hydrogens is 350 g/mol. The summed E-state index contributed by atoms with van der Waals surface area (Å²) in [5, 5.41) is 0. The van der Waals surface area contributed by atoms with E-state index in [9.17, 15) is 4.79 Å². The summed E-state index contributed by atoms with van der Waals surface area (Å²) in [5.74, 6) is 0. The van der Waals surface area contributed by atoms with Crippen LogP contribution in [0.2, 0.25) is 0 Å². The van der Waals surface area contributed by atoms with Crippen molar-refractivity contribution in [2.75, 3.05) is 13.2 Å². The molecule has 2 aromatic rings. The largest absolute Gasteiger partial charge is 0.445 e. The highest BCUT2D eigenvalue weighted by atomic mass is 16.6. The molecule has 4 nitrogen and oxygen atoms in total. The molecule has 4 rings (SSSR count). The molecule has 0 saturated carbocycles. The van der Waals surface area contributed by atoms with Gasteiger partial charge in [0.15, 0.2) is 0 Å². The third-order valence-electron chi connectivity index (χ3n) is 5.74. The van der Waals surface area contributed by atoms with Gasteiger partial charge in [-0.2, -0.15) is 0 Å². The monoisotopic (exact) mass is 377 g/mol. The van der Waals surface area contributed by atoms with E-state index in [4.69, 9.17) is 9.47 Å². The minimum absolute atomic E-state index is 0.0462. The van der Waals surface area contributed by atoms with Gasteiger partial charge in [-0.25, -0.2) is 4.79 Å². The number of amides is 1. The summed E-state index contributed by atoms with van der Waals surface area (Å²) in [4.78, 5) is 14.7. The number of ether oxygens (including phenoxy) is 2. The van der Waals surface area contributed by atoms with E-state index in [0.29, 0.717) is 19.8 Å². The number of carbonyl (C=O) groups excluding carboxylic acids is 1. The number of hydrogen-bond acceptors (Lipinski definition) is 3. The lowest BCUT2D eigenvalue weighted by molar-refractivity contribution is -0.0374. The van der Waals surface area contributed by atoms with Crippen LogP contribution in [0.25, 0.3) is 0 Å². The second-order valence-corrected chi connectivity index (χ2v) is 7.78. The Balaban J connectivity index is 1.47. The summed E-state index contributed by atoms with van der Waals surface area (Å²) in [6, 6.07) is 16.3. The van der Waals surface area contributed by atoms with Crippen LogP contribution in [-0.4, -0.2) is 36.3 Å². The standard InChI is InChI=1S/C24H27NO3/c1-17-7-6-8-18(2)23(17)13-20-11-21-15-27-16-22(12-20)25(21)24(26)28-14-19-9-4-3-5-10-19/h3-11,21-22H,12-16H2,1-2H3. The van der Waals surface area contributed by atoms with Gasteiger partial charge in [0, 0.05) is 0 Å². The molecule has 1 amide bonds. The van der Waals surface area contributed by atoms with Crippen LogP contribution in [0.15, 0.2) is 60.2 Å². The van der Waals surface area contributed by atoms with E-state index in [-0.39, 0.29) is 18.2 Å². The first-order valence-electron chi connectivity index (χ1n) is 9.93. The van der Waals surface area contributed by atoms with Crippen molar-refractivity contribution in [3.8, 4) is 0 Å². The molecule has 0 aliphatic carbocycles. The molecule has 1 fully saturated rings. The molecule has 28 heavy (non-hydrogen) atoms. The van der Waals surface area contributed by atoms with Crippen LogP contribution in [0.4, 0.5) is 4.79 Å². The van der Waals surface area contributed by atoms with Gasteiger partial charge in [-0.1, -0.05) is 60.2 Å². The Morgan fingerprint density at radius 2 is 1.82 bits per heavy atom. The quantitative estimate of drug-likeness (QED) is 0.732. The highest BCUT2D eigenvalue weighted by Gasteiger charge is 2.38. The van der Waals surface area contributed by atoms with Gasteiger partial charge in [-0.05, 0) is 48.9 Å². The van der Waals surface area contributed by atoms with Crippen LogP contribution in [0.5, 0.6) is 0 Å². The summed E-state index contributed by atoms with van der Waals surface area (Å²) in [7, 11) is 0. The lowest BCUT2D eigenvalue weighted by atomic mass is 9.88. The fraction of sp³-hybridized carbons (Fsp3) is 0.375. The van der Waals surface area contributed by atoms with Crippen molar-refractivity contribution < 1.29 is 14.3 Å². The number of rotatable bonds is 4. The van der Waals surface area contributed by atoms with Crippen LogP contribution in [0, 0.1) is 13.8 Å². The fourth-order valence-electron chi connectivity index (χ4n) is 4.25. The van der Waals surface area contributed by atoms with Crippen LogP contribution < -0.4 is 0 Å². The molecule has 4 heteroatoms. The van der Waals surface area contributed by atoms with Gasteiger partial charge in [0.1, 0.15) is 6.61 Å². The molecule has 2 unspecified atom stereocenters. The number of fused-ring (bicyclic) bond motifs is 2. The van der Waals surface area contributed by atoms with Crippen LogP contribution in [0.3, 0.4) is 0 Å². The molecule has 0 N–H and O–H groups in total. The molecule has 0 aromatic heterocycles. The molecule has 2 atom stereocenters. The fourth-order valence-corrected chi connectivity index (χ4v) is 4.25. The molecular formula is C24H27NO3. The highest BCUT2D eigenvalue weighted by molar-refractivity contribution is 5.69. The summed E-state index contributed by atoms with van der Waals surface area (Å²) in [6.07, 6.45) is 3.75. The number of morpholine rings is 1. The van der Waals surface area contributed by atoms with E-state index in [1.165, 1.54) is 22.3 Å². The number of benzene rings is 2. The highest BCUT2D eigenvalue weighted by Crippen LogP contribution is 2.31. The van der Waals surface area contributed by atoms with Gasteiger partial charge in [0.05, 0.1) is 25.3 Å². The lowest BCUT2D eigenvalue weighted by Gasteiger charge is -2.44. The first-order valence-corrected chi connectivity index (χ1v) is 9.93. The summed E-state index contributed by atoms with van der Waals surface area (Å²) >= 11 is 0. The maximum atomic E-state index is 12.8.